The normalized spacial score (nSPS) is 11.4. The van der Waals surface area contributed by atoms with Gasteiger partial charge in [-0.05, 0) is 31.5 Å². The largest absolute Gasteiger partial charge is 0.396 e. The molecule has 0 aliphatic heterocycles. The molecule has 1 rings (SSSR count). The molecule has 0 heterocycles. The molecular formula is C12H15N3O2. The molecule has 0 fully saturated rings. The first kappa shape index (κ1) is 13.0. The average molecular weight is 233 g/mol. The highest BCUT2D eigenvalue weighted by Gasteiger charge is 2.06. The summed E-state index contributed by atoms with van der Waals surface area (Å²) in [4.78, 5) is 11.5. The van der Waals surface area contributed by atoms with Crippen LogP contribution in [0.2, 0.25) is 0 Å². The highest BCUT2D eigenvalue weighted by atomic mass is 16.3. The smallest absolute Gasteiger partial charge is 0.319 e. The number of anilines is 1. The van der Waals surface area contributed by atoms with Crippen LogP contribution < -0.4 is 10.6 Å². The van der Waals surface area contributed by atoms with Crippen LogP contribution in [0.4, 0.5) is 10.5 Å². The number of hydrogen-bond donors (Lipinski definition) is 3. The monoisotopic (exact) mass is 233 g/mol. The molecular weight excluding hydrogens is 218 g/mol. The Balaban J connectivity index is 2.53. The van der Waals surface area contributed by atoms with E-state index in [1.807, 2.05) is 13.0 Å². The number of amides is 2. The predicted molar refractivity (Wildman–Crippen MR) is 64.5 cm³/mol. The van der Waals surface area contributed by atoms with Gasteiger partial charge in [0.2, 0.25) is 0 Å². The number of aliphatic hydroxyl groups excluding tert-OH is 1. The summed E-state index contributed by atoms with van der Waals surface area (Å²) >= 11 is 0. The molecule has 0 saturated carbocycles. The predicted octanol–water partition coefficient (Wildman–Crippen LogP) is 1.45. The van der Waals surface area contributed by atoms with Crippen molar-refractivity contribution in [1.82, 2.24) is 5.32 Å². The molecule has 0 aromatic heterocycles. The molecule has 1 aromatic rings. The third-order valence-electron chi connectivity index (χ3n) is 2.19. The van der Waals surface area contributed by atoms with Crippen molar-refractivity contribution in [2.24, 2.45) is 0 Å². The topological polar surface area (TPSA) is 85.2 Å². The van der Waals surface area contributed by atoms with Crippen LogP contribution in [0.5, 0.6) is 0 Å². The summed E-state index contributed by atoms with van der Waals surface area (Å²) in [5, 5.41) is 22.7. The molecule has 5 nitrogen and oxygen atoms in total. The lowest BCUT2D eigenvalue weighted by atomic mass is 10.2. The number of hydrogen-bond acceptors (Lipinski definition) is 3. The van der Waals surface area contributed by atoms with Crippen molar-refractivity contribution in [1.29, 1.82) is 5.26 Å². The quantitative estimate of drug-likeness (QED) is 0.735. The van der Waals surface area contributed by atoms with E-state index in [9.17, 15) is 4.79 Å². The number of nitrogens with zero attached hydrogens (tertiary/aromatic N) is 1. The summed E-state index contributed by atoms with van der Waals surface area (Å²) in [6, 6.07) is 8.22. The fourth-order valence-corrected chi connectivity index (χ4v) is 1.32. The van der Waals surface area contributed by atoms with Gasteiger partial charge < -0.3 is 15.7 Å². The number of benzene rings is 1. The van der Waals surface area contributed by atoms with Gasteiger partial charge in [0.15, 0.2) is 0 Å². The molecule has 1 unspecified atom stereocenters. The van der Waals surface area contributed by atoms with Crippen LogP contribution in [0.3, 0.4) is 0 Å². The Hall–Kier alpha value is -2.06. The van der Waals surface area contributed by atoms with Gasteiger partial charge >= 0.3 is 6.03 Å². The first-order valence-electron chi connectivity index (χ1n) is 5.34. The number of urea groups is 1. The Labute approximate surface area is 100 Å². The fourth-order valence-electron chi connectivity index (χ4n) is 1.32. The van der Waals surface area contributed by atoms with Crippen LogP contribution in [-0.2, 0) is 0 Å². The highest BCUT2D eigenvalue weighted by Crippen LogP contribution is 2.09. The van der Waals surface area contributed by atoms with E-state index < -0.39 is 0 Å². The van der Waals surface area contributed by atoms with E-state index >= 15 is 0 Å². The summed E-state index contributed by atoms with van der Waals surface area (Å²) in [6.45, 7) is 1.84. The zero-order chi connectivity index (χ0) is 12.7. The van der Waals surface area contributed by atoms with Gasteiger partial charge in [0.1, 0.15) is 0 Å². The Bertz CT molecular complexity index is 426. The lowest BCUT2D eigenvalue weighted by molar-refractivity contribution is 0.241. The van der Waals surface area contributed by atoms with E-state index in [0.29, 0.717) is 17.7 Å². The van der Waals surface area contributed by atoms with Crippen LogP contribution in [-0.4, -0.2) is 23.8 Å². The van der Waals surface area contributed by atoms with Crippen molar-refractivity contribution in [3.8, 4) is 6.07 Å². The molecule has 0 aliphatic rings. The molecule has 3 N–H and O–H groups in total. The summed E-state index contributed by atoms with van der Waals surface area (Å²) in [6.07, 6.45) is 0.506. The molecule has 17 heavy (non-hydrogen) atoms. The Morgan fingerprint density at radius 1 is 1.59 bits per heavy atom. The fraction of sp³-hybridized carbons (Fsp3) is 0.333. The zero-order valence-corrected chi connectivity index (χ0v) is 9.60. The molecule has 0 radical (unpaired) electrons. The molecule has 5 heteroatoms. The number of rotatable bonds is 4. The minimum absolute atomic E-state index is 0.0331. The summed E-state index contributed by atoms with van der Waals surface area (Å²) in [5.74, 6) is 0. The van der Waals surface area contributed by atoms with Crippen molar-refractivity contribution in [3.63, 3.8) is 0 Å². The van der Waals surface area contributed by atoms with Crippen molar-refractivity contribution in [3.05, 3.63) is 29.8 Å². The van der Waals surface area contributed by atoms with Gasteiger partial charge in [-0.15, -0.1) is 0 Å². The molecule has 1 aromatic carbocycles. The second-order valence-corrected chi connectivity index (χ2v) is 3.70. The molecule has 1 atom stereocenters. The maximum absolute atomic E-state index is 11.5. The molecule has 0 saturated heterocycles. The summed E-state index contributed by atoms with van der Waals surface area (Å²) in [5.41, 5.74) is 1.06. The van der Waals surface area contributed by atoms with E-state index in [2.05, 4.69) is 10.6 Å². The van der Waals surface area contributed by atoms with Gasteiger partial charge in [-0.3, -0.25) is 0 Å². The van der Waals surface area contributed by atoms with Gasteiger partial charge in [-0.1, -0.05) is 6.07 Å². The summed E-state index contributed by atoms with van der Waals surface area (Å²) < 4.78 is 0. The van der Waals surface area contributed by atoms with Crippen LogP contribution in [0.1, 0.15) is 18.9 Å². The Morgan fingerprint density at radius 3 is 3.00 bits per heavy atom. The van der Waals surface area contributed by atoms with E-state index in [0.717, 1.165) is 0 Å². The first-order valence-corrected chi connectivity index (χ1v) is 5.34. The lowest BCUT2D eigenvalue weighted by Crippen LogP contribution is -2.36. The third-order valence-corrected chi connectivity index (χ3v) is 2.19. The van der Waals surface area contributed by atoms with Crippen molar-refractivity contribution < 1.29 is 9.90 Å². The first-order chi connectivity index (χ1) is 8.15. The zero-order valence-electron chi connectivity index (χ0n) is 9.60. The van der Waals surface area contributed by atoms with E-state index in [-0.39, 0.29) is 18.7 Å². The SMILES string of the molecule is CC(CCO)NC(=O)Nc1cccc(C#N)c1. The standard InChI is InChI=1S/C12H15N3O2/c1-9(5-6-16)14-12(17)15-11-4-2-3-10(7-11)8-13/h2-4,7,9,16H,5-6H2,1H3,(H2,14,15,17). The second kappa shape index (κ2) is 6.51. The maximum Gasteiger partial charge on any atom is 0.319 e. The number of nitriles is 1. The van der Waals surface area contributed by atoms with Gasteiger partial charge in [0, 0.05) is 18.3 Å². The summed E-state index contributed by atoms with van der Waals surface area (Å²) in [7, 11) is 0. The Kier molecular flexibility index (Phi) is 4.98. The lowest BCUT2D eigenvalue weighted by Gasteiger charge is -2.13. The molecule has 2 amide bonds. The maximum atomic E-state index is 11.5. The van der Waals surface area contributed by atoms with Crippen molar-refractivity contribution in [2.75, 3.05) is 11.9 Å². The third kappa shape index (κ3) is 4.53. The van der Waals surface area contributed by atoms with Crippen LogP contribution in [0.25, 0.3) is 0 Å². The van der Waals surface area contributed by atoms with Crippen molar-refractivity contribution in [2.45, 2.75) is 19.4 Å². The Morgan fingerprint density at radius 2 is 2.35 bits per heavy atom. The number of nitrogens with one attached hydrogen (secondary N) is 2. The average Bonchev–Trinajstić information content (AvgIpc) is 2.29. The number of carbonyl (C=O) groups is 1. The van der Waals surface area contributed by atoms with Gasteiger partial charge in [-0.2, -0.15) is 5.26 Å². The van der Waals surface area contributed by atoms with Crippen LogP contribution >= 0.6 is 0 Å². The van der Waals surface area contributed by atoms with Gasteiger partial charge in [0.25, 0.3) is 0 Å². The molecule has 0 aliphatic carbocycles. The minimum Gasteiger partial charge on any atom is -0.396 e. The van der Waals surface area contributed by atoms with E-state index in [1.165, 1.54) is 0 Å². The van der Waals surface area contributed by atoms with Gasteiger partial charge in [-0.25, -0.2) is 4.79 Å². The number of aliphatic hydroxyl groups is 1. The highest BCUT2D eigenvalue weighted by molar-refractivity contribution is 5.89. The van der Waals surface area contributed by atoms with Crippen LogP contribution in [0.15, 0.2) is 24.3 Å². The van der Waals surface area contributed by atoms with E-state index in [1.54, 1.807) is 24.3 Å². The van der Waals surface area contributed by atoms with E-state index in [4.69, 9.17) is 10.4 Å². The molecule has 90 valence electrons. The van der Waals surface area contributed by atoms with Crippen LogP contribution in [0, 0.1) is 11.3 Å². The second-order valence-electron chi connectivity index (χ2n) is 3.70. The molecule has 0 spiro atoms. The molecule has 0 bridgehead atoms. The van der Waals surface area contributed by atoms with Gasteiger partial charge in [0.05, 0.1) is 11.6 Å². The minimum atomic E-state index is -0.346. The van der Waals surface area contributed by atoms with Crippen molar-refractivity contribution >= 4 is 11.7 Å². The number of carbonyl (C=O) groups excluding carboxylic acids is 1.